The Morgan fingerprint density at radius 1 is 1.15 bits per heavy atom. The molecule has 3 heterocycles. The number of aliphatic hydroxyl groups is 1. The Bertz CT molecular complexity index is 1050. The van der Waals surface area contributed by atoms with E-state index in [0.29, 0.717) is 10.8 Å². The van der Waals surface area contributed by atoms with Crippen LogP contribution in [0.2, 0.25) is 5.02 Å². The van der Waals surface area contributed by atoms with Crippen molar-refractivity contribution in [3.8, 4) is 11.3 Å². The van der Waals surface area contributed by atoms with Crippen molar-refractivity contribution in [2.24, 2.45) is 0 Å². The van der Waals surface area contributed by atoms with E-state index in [4.69, 9.17) is 16.6 Å². The Hall–Kier alpha value is -2.89. The highest BCUT2D eigenvalue weighted by Crippen LogP contribution is 2.29. The lowest BCUT2D eigenvalue weighted by molar-refractivity contribution is 0.276. The Morgan fingerprint density at radius 3 is 2.81 bits per heavy atom. The van der Waals surface area contributed by atoms with Crippen LogP contribution >= 0.6 is 11.6 Å². The molecule has 4 rings (SSSR count). The summed E-state index contributed by atoms with van der Waals surface area (Å²) in [5.41, 5.74) is 3.50. The molecule has 0 saturated carbocycles. The molecule has 0 fully saturated rings. The van der Waals surface area contributed by atoms with Crippen molar-refractivity contribution < 1.29 is 9.39 Å². The molecule has 0 saturated heterocycles. The van der Waals surface area contributed by atoms with E-state index in [1.54, 1.807) is 6.20 Å². The predicted molar refractivity (Wildman–Crippen MR) is 111 cm³/mol. The maximum Gasteiger partial charge on any atom is 0.138 e. The van der Waals surface area contributed by atoms with Crippen molar-refractivity contribution >= 4 is 28.5 Å². The number of benzene rings is 1. The average Bonchev–Trinajstić information content (AvgIpc) is 3.10. The second-order valence-electron chi connectivity index (χ2n) is 5.95. The number of rotatable bonds is 5. The third-order valence-corrected chi connectivity index (χ3v) is 4.44. The fourth-order valence-electron chi connectivity index (χ4n) is 2.95. The van der Waals surface area contributed by atoms with Gasteiger partial charge in [-0.05, 0) is 23.8 Å². The van der Waals surface area contributed by atoms with E-state index in [-0.39, 0.29) is 16.9 Å². The first-order valence-corrected chi connectivity index (χ1v) is 8.65. The summed E-state index contributed by atoms with van der Waals surface area (Å²) in [6.07, 6.45) is 3.49. The van der Waals surface area contributed by atoms with E-state index in [1.807, 2.05) is 60.8 Å². The van der Waals surface area contributed by atoms with E-state index in [0.717, 1.165) is 27.9 Å². The van der Waals surface area contributed by atoms with Gasteiger partial charge in [-0.15, -0.1) is 0 Å². The average molecular weight is 371 g/mol. The lowest BCUT2D eigenvalue weighted by Crippen LogP contribution is -2.15. The minimum absolute atomic E-state index is 0. The van der Waals surface area contributed by atoms with Crippen molar-refractivity contribution in [1.29, 1.82) is 0 Å². The number of aliphatic hydroxyl groups excluding tert-OH is 1. The third-order valence-electron chi connectivity index (χ3n) is 4.23. The Labute approximate surface area is 160 Å². The Balaban J connectivity index is 0.00000140. The van der Waals surface area contributed by atoms with Gasteiger partial charge >= 0.3 is 0 Å². The molecule has 0 unspecified atom stereocenters. The van der Waals surface area contributed by atoms with E-state index >= 15 is 0 Å². The normalized spacial score (nSPS) is 12.2. The van der Waals surface area contributed by atoms with Crippen LogP contribution in [-0.2, 0) is 0 Å². The Kier molecular flexibility index (Phi) is 4.56. The zero-order valence-electron chi connectivity index (χ0n) is 13.9. The number of hydrogen-bond acceptors (Lipinski definition) is 4. The molecule has 0 aliphatic heterocycles. The molecule has 6 heteroatoms. The zero-order valence-corrected chi connectivity index (χ0v) is 14.6. The van der Waals surface area contributed by atoms with Crippen LogP contribution in [0.3, 0.4) is 0 Å². The summed E-state index contributed by atoms with van der Waals surface area (Å²) in [4.78, 5) is 12.1. The molecule has 3 aromatic heterocycles. The smallest absolute Gasteiger partial charge is 0.138 e. The first-order chi connectivity index (χ1) is 12.7. The monoisotopic (exact) mass is 370 g/mol. The van der Waals surface area contributed by atoms with Crippen LogP contribution in [0.15, 0.2) is 67.0 Å². The number of halogens is 1. The highest BCUT2D eigenvalue weighted by molar-refractivity contribution is 6.31. The second kappa shape index (κ2) is 7.15. The van der Waals surface area contributed by atoms with Gasteiger partial charge < -0.3 is 15.4 Å². The van der Waals surface area contributed by atoms with Crippen LogP contribution < -0.4 is 5.32 Å². The molecule has 136 valence electrons. The summed E-state index contributed by atoms with van der Waals surface area (Å²) in [7, 11) is 0. The minimum atomic E-state index is -0.224. The summed E-state index contributed by atoms with van der Waals surface area (Å²) in [6.45, 7) is -0.0253. The molecule has 0 aliphatic carbocycles. The summed E-state index contributed by atoms with van der Waals surface area (Å²) in [5, 5.41) is 14.5. The van der Waals surface area contributed by atoms with Gasteiger partial charge in [0.1, 0.15) is 11.5 Å². The van der Waals surface area contributed by atoms with Crippen LogP contribution in [0.25, 0.3) is 22.3 Å². The molecule has 5 nitrogen and oxygen atoms in total. The van der Waals surface area contributed by atoms with Gasteiger partial charge in [0.15, 0.2) is 0 Å². The molecule has 0 amide bonds. The predicted octanol–water partition coefficient (Wildman–Crippen LogP) is 5.16. The lowest BCUT2D eigenvalue weighted by Gasteiger charge is -2.17. The molecule has 4 aromatic rings. The van der Waals surface area contributed by atoms with Gasteiger partial charge in [-0.1, -0.05) is 48.0 Å². The second-order valence-corrected chi connectivity index (χ2v) is 6.39. The molecule has 26 heavy (non-hydrogen) atoms. The van der Waals surface area contributed by atoms with Crippen molar-refractivity contribution in [2.75, 3.05) is 11.9 Å². The first-order valence-electron chi connectivity index (χ1n) is 8.27. The maximum atomic E-state index is 9.75. The first kappa shape index (κ1) is 16.6. The van der Waals surface area contributed by atoms with Crippen molar-refractivity contribution in [3.05, 3.63) is 77.6 Å². The van der Waals surface area contributed by atoms with Crippen LogP contribution in [0.4, 0.5) is 5.82 Å². The lowest BCUT2D eigenvalue weighted by atomic mass is 10.1. The van der Waals surface area contributed by atoms with Gasteiger partial charge in [-0.2, -0.15) is 0 Å². The number of pyridine rings is 2. The molecular weight excluding hydrogens is 348 g/mol. The van der Waals surface area contributed by atoms with Gasteiger partial charge in [0.05, 0.1) is 23.4 Å². The molecule has 0 spiro atoms. The molecule has 1 atom stereocenters. The summed E-state index contributed by atoms with van der Waals surface area (Å²) < 4.78 is 0. The van der Waals surface area contributed by atoms with Gasteiger partial charge in [-0.25, -0.2) is 9.97 Å². The molecule has 1 aromatic carbocycles. The number of hydrogen-bond donors (Lipinski definition) is 3. The van der Waals surface area contributed by atoms with E-state index in [9.17, 15) is 5.11 Å². The van der Waals surface area contributed by atoms with Crippen LogP contribution in [0.5, 0.6) is 0 Å². The van der Waals surface area contributed by atoms with Crippen molar-refractivity contribution in [2.45, 2.75) is 6.04 Å². The fraction of sp³-hybridized carbons (Fsp3) is 0.100. The maximum absolute atomic E-state index is 9.75. The molecule has 0 radical (unpaired) electrons. The van der Waals surface area contributed by atoms with Crippen LogP contribution in [0.1, 0.15) is 15.9 Å². The van der Waals surface area contributed by atoms with Gasteiger partial charge in [0.2, 0.25) is 0 Å². The SMILES string of the molecule is OC[C@H](Nc1cccc(-c2c[nH]c3ncc(Cl)cc23)n1)c1ccccc1.[HH].[HH].[HH]. The Morgan fingerprint density at radius 2 is 2.00 bits per heavy atom. The summed E-state index contributed by atoms with van der Waals surface area (Å²) in [6, 6.07) is 17.2. The zero-order chi connectivity index (χ0) is 17.9. The molecular formula is C20H23ClN4O. The largest absolute Gasteiger partial charge is 0.394 e. The highest BCUT2D eigenvalue weighted by Gasteiger charge is 2.13. The highest BCUT2D eigenvalue weighted by atomic mass is 35.5. The van der Waals surface area contributed by atoms with Crippen molar-refractivity contribution in [3.63, 3.8) is 0 Å². The van der Waals surface area contributed by atoms with Crippen LogP contribution in [0, 0.1) is 0 Å². The van der Waals surface area contributed by atoms with E-state index in [2.05, 4.69) is 15.3 Å². The van der Waals surface area contributed by atoms with Crippen molar-refractivity contribution in [1.82, 2.24) is 15.0 Å². The number of anilines is 1. The standard InChI is InChI=1S/C20H17ClN4O.3H2/c21-14-9-15-16(11-23-20(15)22-10-14)17-7-4-8-19(24-17)25-18(12-26)13-5-2-1-3-6-13;;;/h1-11,18,26H,12H2,(H,22,23)(H,24,25);3*1H/t18-;;;/m0.../s1. The number of H-pyrrole nitrogens is 1. The number of nitrogens with one attached hydrogen (secondary N) is 2. The van der Waals surface area contributed by atoms with Gasteiger partial charge in [-0.3, -0.25) is 0 Å². The number of fused-ring (bicyclic) bond motifs is 1. The molecule has 3 N–H and O–H groups in total. The topological polar surface area (TPSA) is 73.8 Å². The van der Waals surface area contributed by atoms with Gasteiger partial charge in [0, 0.05) is 27.6 Å². The van der Waals surface area contributed by atoms with E-state index in [1.165, 1.54) is 0 Å². The number of aromatic amines is 1. The van der Waals surface area contributed by atoms with E-state index < -0.39 is 0 Å². The fourth-order valence-corrected chi connectivity index (χ4v) is 3.11. The number of nitrogens with zero attached hydrogens (tertiary/aromatic N) is 2. The third kappa shape index (κ3) is 3.27. The van der Waals surface area contributed by atoms with Gasteiger partial charge in [0.25, 0.3) is 0 Å². The minimum Gasteiger partial charge on any atom is -0.394 e. The van der Waals surface area contributed by atoms with Crippen LogP contribution in [-0.4, -0.2) is 26.7 Å². The number of aromatic nitrogens is 3. The molecule has 0 bridgehead atoms. The summed E-state index contributed by atoms with van der Waals surface area (Å²) >= 11 is 6.08. The summed E-state index contributed by atoms with van der Waals surface area (Å²) in [5.74, 6) is 0.690. The quantitative estimate of drug-likeness (QED) is 0.453. The molecule has 0 aliphatic rings.